The minimum absolute atomic E-state index is 0.0543. The van der Waals surface area contributed by atoms with E-state index in [1.807, 2.05) is 6.92 Å². The van der Waals surface area contributed by atoms with Crippen LogP contribution in [0.25, 0.3) is 0 Å². The minimum Gasteiger partial charge on any atom is -0.397 e. The fraction of sp³-hybridized carbons (Fsp3) is 0.500. The smallest absolute Gasteiger partial charge is 0.183 e. The van der Waals surface area contributed by atoms with Crippen LogP contribution in [-0.4, -0.2) is 6.04 Å². The molecule has 0 saturated carbocycles. The van der Waals surface area contributed by atoms with Gasteiger partial charge < -0.3 is 11.1 Å². The predicted octanol–water partition coefficient (Wildman–Crippen LogP) is 3.39. The largest absolute Gasteiger partial charge is 0.397 e. The summed E-state index contributed by atoms with van der Waals surface area (Å²) in [7, 11) is 0. The van der Waals surface area contributed by atoms with Gasteiger partial charge in [-0.1, -0.05) is 13.8 Å². The van der Waals surface area contributed by atoms with E-state index in [9.17, 15) is 8.78 Å². The summed E-state index contributed by atoms with van der Waals surface area (Å²) >= 11 is 0. The Morgan fingerprint density at radius 3 is 2.44 bits per heavy atom. The molecule has 3 N–H and O–H groups in total. The molecule has 16 heavy (non-hydrogen) atoms. The van der Waals surface area contributed by atoms with Gasteiger partial charge in [0.2, 0.25) is 0 Å². The van der Waals surface area contributed by atoms with Gasteiger partial charge in [-0.05, 0) is 31.4 Å². The molecule has 2 nitrogen and oxygen atoms in total. The van der Waals surface area contributed by atoms with Crippen LogP contribution in [-0.2, 0) is 0 Å². The minimum atomic E-state index is -0.907. The molecule has 0 saturated heterocycles. The molecule has 0 aliphatic carbocycles. The van der Waals surface area contributed by atoms with E-state index in [0.29, 0.717) is 5.92 Å². The normalized spacial score (nSPS) is 12.9. The van der Waals surface area contributed by atoms with Crippen molar-refractivity contribution in [2.24, 2.45) is 5.92 Å². The fourth-order valence-corrected chi connectivity index (χ4v) is 1.72. The summed E-state index contributed by atoms with van der Waals surface area (Å²) in [6.45, 7) is 6.07. The molecule has 0 spiro atoms. The molecule has 0 aromatic heterocycles. The molecule has 0 aliphatic heterocycles. The summed E-state index contributed by atoms with van der Waals surface area (Å²) in [5.74, 6) is -1.30. The van der Waals surface area contributed by atoms with Gasteiger partial charge in [0, 0.05) is 6.04 Å². The summed E-state index contributed by atoms with van der Waals surface area (Å²) in [6, 6.07) is 2.45. The molecule has 0 fully saturated rings. The Morgan fingerprint density at radius 2 is 1.88 bits per heavy atom. The van der Waals surface area contributed by atoms with Crippen LogP contribution < -0.4 is 11.1 Å². The van der Waals surface area contributed by atoms with Crippen molar-refractivity contribution in [2.75, 3.05) is 11.1 Å². The number of halogens is 2. The molecule has 1 atom stereocenters. The highest BCUT2D eigenvalue weighted by Crippen LogP contribution is 2.26. The van der Waals surface area contributed by atoms with Gasteiger partial charge in [0.05, 0.1) is 11.4 Å². The van der Waals surface area contributed by atoms with Crippen LogP contribution in [0, 0.1) is 17.6 Å². The number of hydrogen-bond donors (Lipinski definition) is 2. The average molecular weight is 228 g/mol. The Hall–Kier alpha value is -1.32. The maximum Gasteiger partial charge on any atom is 0.183 e. The fourth-order valence-electron chi connectivity index (χ4n) is 1.72. The number of hydrogen-bond acceptors (Lipinski definition) is 2. The molecule has 4 heteroatoms. The van der Waals surface area contributed by atoms with E-state index >= 15 is 0 Å². The van der Waals surface area contributed by atoms with Gasteiger partial charge in [0.1, 0.15) is 0 Å². The molecule has 0 bridgehead atoms. The Morgan fingerprint density at radius 1 is 1.25 bits per heavy atom. The zero-order chi connectivity index (χ0) is 12.3. The second kappa shape index (κ2) is 5.14. The molecule has 1 aromatic carbocycles. The lowest BCUT2D eigenvalue weighted by Gasteiger charge is -2.19. The summed E-state index contributed by atoms with van der Waals surface area (Å²) in [6.07, 6.45) is 0.870. The second-order valence-corrected chi connectivity index (χ2v) is 4.50. The number of benzene rings is 1. The van der Waals surface area contributed by atoms with Crippen molar-refractivity contribution in [1.29, 1.82) is 0 Å². The summed E-state index contributed by atoms with van der Waals surface area (Å²) in [5.41, 5.74) is 5.89. The van der Waals surface area contributed by atoms with Crippen molar-refractivity contribution in [3.05, 3.63) is 23.8 Å². The molecule has 0 heterocycles. The molecule has 0 amide bonds. The van der Waals surface area contributed by atoms with E-state index in [1.54, 1.807) is 0 Å². The van der Waals surface area contributed by atoms with Crippen molar-refractivity contribution in [2.45, 2.75) is 33.2 Å². The summed E-state index contributed by atoms with van der Waals surface area (Å²) < 4.78 is 26.4. The maximum atomic E-state index is 13.4. The quantitative estimate of drug-likeness (QED) is 0.775. The van der Waals surface area contributed by atoms with E-state index < -0.39 is 11.6 Å². The van der Waals surface area contributed by atoms with Crippen LogP contribution in [0.5, 0.6) is 0 Å². The van der Waals surface area contributed by atoms with Gasteiger partial charge in [0.25, 0.3) is 0 Å². The molecule has 0 aliphatic rings. The van der Waals surface area contributed by atoms with E-state index in [4.69, 9.17) is 5.73 Å². The predicted molar refractivity (Wildman–Crippen MR) is 63.3 cm³/mol. The molecule has 1 unspecified atom stereocenters. The van der Waals surface area contributed by atoms with Crippen molar-refractivity contribution in [3.8, 4) is 0 Å². The molecule has 1 rings (SSSR count). The number of nitrogens with two attached hydrogens (primary N) is 1. The van der Waals surface area contributed by atoms with Crippen LogP contribution >= 0.6 is 0 Å². The van der Waals surface area contributed by atoms with Crippen LogP contribution in [0.15, 0.2) is 12.1 Å². The van der Waals surface area contributed by atoms with Crippen molar-refractivity contribution >= 4 is 11.4 Å². The molecule has 1 aromatic rings. The van der Waals surface area contributed by atoms with Crippen LogP contribution in [0.2, 0.25) is 0 Å². The van der Waals surface area contributed by atoms with Crippen molar-refractivity contribution < 1.29 is 8.78 Å². The first kappa shape index (κ1) is 12.7. The van der Waals surface area contributed by atoms with E-state index in [-0.39, 0.29) is 17.4 Å². The summed E-state index contributed by atoms with van der Waals surface area (Å²) in [4.78, 5) is 0. The van der Waals surface area contributed by atoms with Crippen LogP contribution in [0.3, 0.4) is 0 Å². The number of anilines is 2. The monoisotopic (exact) mass is 228 g/mol. The Balaban J connectivity index is 2.84. The van der Waals surface area contributed by atoms with E-state index in [0.717, 1.165) is 12.5 Å². The third-order valence-corrected chi connectivity index (χ3v) is 2.34. The van der Waals surface area contributed by atoms with Gasteiger partial charge in [-0.15, -0.1) is 0 Å². The van der Waals surface area contributed by atoms with Gasteiger partial charge >= 0.3 is 0 Å². The third kappa shape index (κ3) is 3.08. The van der Waals surface area contributed by atoms with Crippen LogP contribution in [0.4, 0.5) is 20.2 Å². The van der Waals surface area contributed by atoms with Crippen LogP contribution in [0.1, 0.15) is 27.2 Å². The first-order valence-electron chi connectivity index (χ1n) is 5.41. The number of nitrogen functional groups attached to an aromatic ring is 1. The Bertz CT molecular complexity index is 364. The van der Waals surface area contributed by atoms with Gasteiger partial charge in [-0.3, -0.25) is 0 Å². The SMILES string of the molecule is CC(C)CC(C)Nc1c(N)ccc(F)c1F. The molecule has 0 radical (unpaired) electrons. The Labute approximate surface area is 94.8 Å². The highest BCUT2D eigenvalue weighted by Gasteiger charge is 2.14. The standard InChI is InChI=1S/C12H18F2N2/c1-7(2)6-8(3)16-12-10(15)5-4-9(13)11(12)14/h4-5,7-8,16H,6,15H2,1-3H3. The average Bonchev–Trinajstić information content (AvgIpc) is 2.17. The van der Waals surface area contributed by atoms with E-state index in [2.05, 4.69) is 19.2 Å². The van der Waals surface area contributed by atoms with Gasteiger partial charge in [-0.2, -0.15) is 0 Å². The van der Waals surface area contributed by atoms with Gasteiger partial charge in [-0.25, -0.2) is 8.78 Å². The third-order valence-electron chi connectivity index (χ3n) is 2.34. The number of rotatable bonds is 4. The van der Waals surface area contributed by atoms with Crippen molar-refractivity contribution in [3.63, 3.8) is 0 Å². The highest BCUT2D eigenvalue weighted by atomic mass is 19.2. The summed E-state index contributed by atoms with van der Waals surface area (Å²) in [5, 5.41) is 2.91. The maximum absolute atomic E-state index is 13.4. The lowest BCUT2D eigenvalue weighted by Crippen LogP contribution is -2.19. The number of nitrogens with one attached hydrogen (secondary N) is 1. The van der Waals surface area contributed by atoms with Crippen molar-refractivity contribution in [1.82, 2.24) is 0 Å². The lowest BCUT2D eigenvalue weighted by molar-refractivity contribution is 0.504. The first-order valence-corrected chi connectivity index (χ1v) is 5.41. The Kier molecular flexibility index (Phi) is 4.10. The zero-order valence-electron chi connectivity index (χ0n) is 9.85. The highest BCUT2D eigenvalue weighted by molar-refractivity contribution is 5.67. The zero-order valence-corrected chi connectivity index (χ0v) is 9.85. The molecular weight excluding hydrogens is 210 g/mol. The van der Waals surface area contributed by atoms with Gasteiger partial charge in [0.15, 0.2) is 11.6 Å². The lowest BCUT2D eigenvalue weighted by atomic mass is 10.0. The van der Waals surface area contributed by atoms with E-state index in [1.165, 1.54) is 6.07 Å². The first-order chi connectivity index (χ1) is 7.41. The second-order valence-electron chi connectivity index (χ2n) is 4.50. The molecule has 90 valence electrons. The topological polar surface area (TPSA) is 38.0 Å². The molecular formula is C12H18F2N2.